The lowest BCUT2D eigenvalue weighted by Crippen LogP contribution is -2.40. The summed E-state index contributed by atoms with van der Waals surface area (Å²) in [7, 11) is 1.57. The molecule has 0 bridgehead atoms. The van der Waals surface area contributed by atoms with Crippen molar-refractivity contribution in [2.24, 2.45) is 5.92 Å². The number of fused-ring (bicyclic) bond motifs is 4. The summed E-state index contributed by atoms with van der Waals surface area (Å²) in [5.74, 6) is 0.867. The molecule has 0 saturated carbocycles. The normalized spacial score (nSPS) is 17.0. The largest absolute Gasteiger partial charge is 0.379 e. The minimum absolute atomic E-state index is 0.0204. The third-order valence-electron chi connectivity index (χ3n) is 18.3. The summed E-state index contributed by atoms with van der Waals surface area (Å²) < 4.78 is 21.8. The van der Waals surface area contributed by atoms with Crippen molar-refractivity contribution in [1.29, 1.82) is 0 Å². The van der Waals surface area contributed by atoms with Crippen molar-refractivity contribution < 1.29 is 38.1 Å². The number of methoxy groups -OCH3 is 1. The van der Waals surface area contributed by atoms with Gasteiger partial charge in [0, 0.05) is 104 Å². The summed E-state index contributed by atoms with van der Waals surface area (Å²) in [5, 5.41) is 33.0. The number of benzene rings is 4. The van der Waals surface area contributed by atoms with Crippen LogP contribution in [-0.4, -0.2) is 214 Å². The third-order valence-corrected chi connectivity index (χ3v) is 18.3. The Morgan fingerprint density at radius 2 is 1.00 bits per heavy atom. The second-order valence-electron chi connectivity index (χ2n) is 25.0. The first kappa shape index (κ1) is 66.3. The number of rotatable bonds is 16. The molecule has 12 heterocycles. The number of likely N-dealkylation sites (tertiary alicyclic amines) is 1. The number of imidazole rings is 3. The Balaban J connectivity index is 0.000000128. The van der Waals surface area contributed by atoms with E-state index in [2.05, 4.69) is 128 Å². The molecule has 1 atom stereocenters. The zero-order chi connectivity index (χ0) is 68.5. The number of pyridine rings is 1. The lowest BCUT2D eigenvalue weighted by Gasteiger charge is -2.30. The molecule has 4 fully saturated rings. The molecule has 16 rings (SSSR count). The molecule has 11 aromatic rings. The van der Waals surface area contributed by atoms with Gasteiger partial charge in [0.05, 0.1) is 114 Å². The Bertz CT molecular complexity index is 4800. The van der Waals surface area contributed by atoms with Gasteiger partial charge in [-0.15, -0.1) is 0 Å². The minimum Gasteiger partial charge on any atom is -0.379 e. The number of anilines is 4. The zero-order valence-corrected chi connectivity index (χ0v) is 55.3. The van der Waals surface area contributed by atoms with Crippen LogP contribution in [0.25, 0.3) is 73.7 Å². The first-order valence-corrected chi connectivity index (χ1v) is 33.4. The summed E-state index contributed by atoms with van der Waals surface area (Å²) in [6.45, 7) is 15.6. The topological polar surface area (TPSA) is 371 Å². The molecule has 11 N–H and O–H groups in total. The van der Waals surface area contributed by atoms with Crippen molar-refractivity contribution in [3.63, 3.8) is 0 Å². The van der Waals surface area contributed by atoms with Gasteiger partial charge in [0.1, 0.15) is 22.6 Å². The summed E-state index contributed by atoms with van der Waals surface area (Å²) in [6, 6.07) is 29.4. The molecule has 0 radical (unpaired) electrons. The zero-order valence-electron chi connectivity index (χ0n) is 55.3. The minimum atomic E-state index is -0.564. The molecule has 30 nitrogen and oxygen atoms in total. The Kier molecular flexibility index (Phi) is 20.2. The maximum Gasteiger partial charge on any atom is 0.261 e. The number of hydrogen-bond acceptors (Lipinski definition) is 19. The molecule has 0 spiro atoms. The standard InChI is InChI=1S/C26H27N7O3.C23H29N7O3.C21H21N7O3/c1-35-26-18(13-17-4-2-3-5-19(17)31-26)25(34)30-22-14-27-32-23(22)24-28-20-7-6-16(12-21(20)29-24)15-33-8-10-36-11-9-33;1-15(31)30-6-4-17(5-7-30)23(32)27-20-13-24-28-21(20)22-25-18-3-2-16(12-19(18)26-22)14-29-8-10-33-11-9-29;29-20-14(2-1-5-22-20)21(30)26-17-11-23-27-18(17)19-24-15-4-3-13(10-16(15)25-19)12-28-6-8-31-9-7-28/h2-7,12-14,26,31H,8-11,15H2,1H3,(H,27,32)(H,28,29)(H,30,34);2-3,12-13,17H,4-11,14H2,1H3,(H,24,28)(H,25,26)(H,27,32);1-5,10-11H,6-9,12H2,(H,22,29)(H,23,27)(H,24,25)(H,26,30). The van der Waals surface area contributed by atoms with Gasteiger partial charge in [-0.1, -0.05) is 36.4 Å². The highest BCUT2D eigenvalue weighted by molar-refractivity contribution is 6.10. The number of amides is 4. The number of carbonyl (C=O) groups excluding carboxylic acids is 4. The SMILES string of the molecule is CC(=O)N1CCC(C(=O)Nc2cn[nH]c2-c2nc3ccc(CN4CCOCC4)cc3[nH]2)CC1.COC1Nc2ccccc2C=C1C(=O)Nc1cn[nH]c1-c1nc2ccc(CN3CCOCC3)cc2[nH]1.O=C(Nc1cn[nH]c1-c1nc2ccc(CN3CCOCC3)cc2[nH]1)c1ccc[nH]c1=O. The highest BCUT2D eigenvalue weighted by atomic mass is 16.5. The number of piperidine rings is 1. The van der Waals surface area contributed by atoms with Gasteiger partial charge in [-0.3, -0.25) is 54.0 Å². The van der Waals surface area contributed by atoms with Gasteiger partial charge < -0.3 is 65.1 Å². The Hall–Kier alpha value is -11.0. The number of morpholine rings is 3. The number of nitrogens with one attached hydrogen (secondary N) is 11. The van der Waals surface area contributed by atoms with Crippen molar-refractivity contribution >= 4 is 85.6 Å². The number of carbonyl (C=O) groups is 4. The fraction of sp³-hybridized carbons (Fsp3) is 0.329. The average Bonchev–Trinajstić information content (AvgIpc) is 1.56. The third kappa shape index (κ3) is 15.5. The second-order valence-corrected chi connectivity index (χ2v) is 25.0. The van der Waals surface area contributed by atoms with Crippen LogP contribution < -0.4 is 26.8 Å². The maximum atomic E-state index is 13.2. The van der Waals surface area contributed by atoms with Crippen LogP contribution in [0, 0.1) is 5.92 Å². The fourth-order valence-corrected chi connectivity index (χ4v) is 12.8. The van der Waals surface area contributed by atoms with Crippen LogP contribution in [0.2, 0.25) is 0 Å². The Morgan fingerprint density at radius 3 is 1.45 bits per heavy atom. The van der Waals surface area contributed by atoms with Crippen LogP contribution in [0.3, 0.4) is 0 Å². The predicted octanol–water partition coefficient (Wildman–Crippen LogP) is 6.91. The molecule has 1 unspecified atom stereocenters. The molecule has 516 valence electrons. The molecule has 4 amide bonds. The van der Waals surface area contributed by atoms with Crippen molar-refractivity contribution in [1.82, 2.24) is 85.1 Å². The first-order valence-electron chi connectivity index (χ1n) is 33.4. The summed E-state index contributed by atoms with van der Waals surface area (Å²) >= 11 is 0. The lowest BCUT2D eigenvalue weighted by molar-refractivity contribution is -0.132. The van der Waals surface area contributed by atoms with E-state index in [0.29, 0.717) is 83.1 Å². The Morgan fingerprint density at radius 1 is 0.550 bits per heavy atom. The second kappa shape index (κ2) is 30.4. The van der Waals surface area contributed by atoms with Crippen molar-refractivity contribution in [2.75, 3.05) is 120 Å². The van der Waals surface area contributed by atoms with Gasteiger partial charge in [-0.2, -0.15) is 15.3 Å². The van der Waals surface area contributed by atoms with Gasteiger partial charge in [-0.25, -0.2) is 15.0 Å². The van der Waals surface area contributed by atoms with E-state index in [1.807, 2.05) is 48.5 Å². The summed E-state index contributed by atoms with van der Waals surface area (Å²) in [6.07, 6.45) is 8.75. The van der Waals surface area contributed by atoms with Crippen molar-refractivity contribution in [3.8, 4) is 34.6 Å². The molecular weight excluding hydrogens is 1280 g/mol. The molecule has 5 aliphatic heterocycles. The number of aromatic amines is 7. The maximum absolute atomic E-state index is 13.2. The van der Waals surface area contributed by atoms with Crippen molar-refractivity contribution in [3.05, 3.63) is 160 Å². The van der Waals surface area contributed by atoms with E-state index >= 15 is 0 Å². The van der Waals surface area contributed by atoms with E-state index < -0.39 is 17.7 Å². The average molecular weight is 1360 g/mol. The summed E-state index contributed by atoms with van der Waals surface area (Å²) in [4.78, 5) is 97.4. The quantitative estimate of drug-likeness (QED) is 0.0468. The molecular formula is C70H77N21O9. The van der Waals surface area contributed by atoms with Crippen LogP contribution in [0.5, 0.6) is 0 Å². The van der Waals surface area contributed by atoms with E-state index in [9.17, 15) is 24.0 Å². The number of ether oxygens (including phenoxy) is 4. The van der Waals surface area contributed by atoms with E-state index in [1.54, 1.807) is 37.4 Å². The number of para-hydroxylation sites is 1. The van der Waals surface area contributed by atoms with Crippen LogP contribution in [0.15, 0.2) is 126 Å². The number of nitrogens with zero attached hydrogens (tertiary/aromatic N) is 10. The molecule has 5 aliphatic rings. The van der Waals surface area contributed by atoms with E-state index in [0.717, 1.165) is 143 Å². The van der Waals surface area contributed by atoms with Gasteiger partial charge in [-0.05, 0) is 95.8 Å². The number of aromatic nitrogens is 13. The predicted molar refractivity (Wildman–Crippen MR) is 375 cm³/mol. The van der Waals surface area contributed by atoms with E-state index in [4.69, 9.17) is 28.9 Å². The van der Waals surface area contributed by atoms with E-state index in [-0.39, 0.29) is 29.2 Å². The van der Waals surface area contributed by atoms with Crippen molar-refractivity contribution in [2.45, 2.75) is 45.6 Å². The lowest BCUT2D eigenvalue weighted by atomic mass is 9.96. The van der Waals surface area contributed by atoms with Gasteiger partial charge in [0.2, 0.25) is 11.8 Å². The monoisotopic (exact) mass is 1360 g/mol. The fourth-order valence-electron chi connectivity index (χ4n) is 12.8. The first-order chi connectivity index (χ1) is 48.9. The van der Waals surface area contributed by atoms with Gasteiger partial charge in [0.15, 0.2) is 23.7 Å². The molecule has 0 aliphatic carbocycles. The smallest absolute Gasteiger partial charge is 0.261 e. The highest BCUT2D eigenvalue weighted by Gasteiger charge is 2.30. The van der Waals surface area contributed by atoms with Crippen LogP contribution in [0.1, 0.15) is 52.4 Å². The van der Waals surface area contributed by atoms with E-state index in [1.165, 1.54) is 35.2 Å². The van der Waals surface area contributed by atoms with Gasteiger partial charge >= 0.3 is 0 Å². The molecule has 4 saturated heterocycles. The highest BCUT2D eigenvalue weighted by Crippen LogP contribution is 2.33. The summed E-state index contributed by atoms with van der Waals surface area (Å²) in [5.41, 5.74) is 14.1. The van der Waals surface area contributed by atoms with Crippen LogP contribution in [-0.2, 0) is 53.0 Å². The number of H-pyrrole nitrogens is 7. The molecule has 100 heavy (non-hydrogen) atoms. The molecule has 4 aromatic carbocycles. The van der Waals surface area contributed by atoms with Gasteiger partial charge in [0.25, 0.3) is 17.4 Å². The molecule has 30 heteroatoms. The van der Waals surface area contributed by atoms with Crippen LogP contribution in [0.4, 0.5) is 22.7 Å². The Labute approximate surface area is 572 Å². The van der Waals surface area contributed by atoms with Crippen LogP contribution >= 0.6 is 0 Å². The molecule has 7 aromatic heterocycles. The number of hydrogen-bond donors (Lipinski definition) is 11.